The van der Waals surface area contributed by atoms with E-state index in [-0.39, 0.29) is 25.6 Å². The van der Waals surface area contributed by atoms with Crippen molar-refractivity contribution in [1.82, 2.24) is 9.62 Å². The Balaban J connectivity index is 1.53. The number of sulfonamides is 1. The number of esters is 1. The predicted molar refractivity (Wildman–Crippen MR) is 104 cm³/mol. The molecule has 1 aromatic carbocycles. The first-order valence-electron chi connectivity index (χ1n) is 9.58. The number of ether oxygens (including phenoxy) is 1. The van der Waals surface area contributed by atoms with Crippen LogP contribution in [-0.4, -0.2) is 50.8 Å². The molecule has 0 radical (unpaired) electrons. The maximum absolute atomic E-state index is 12.9. The molecule has 0 atom stereocenters. The van der Waals surface area contributed by atoms with E-state index in [2.05, 4.69) is 11.9 Å². The molecule has 8 heteroatoms. The van der Waals surface area contributed by atoms with Crippen molar-refractivity contribution in [3.05, 3.63) is 42.0 Å². The first-order valence-corrected chi connectivity index (χ1v) is 11.0. The van der Waals surface area contributed by atoms with Crippen LogP contribution in [-0.2, 0) is 37.2 Å². The van der Waals surface area contributed by atoms with Crippen LogP contribution in [0.1, 0.15) is 30.4 Å². The lowest BCUT2D eigenvalue weighted by molar-refractivity contribution is -0.153. The fourth-order valence-electron chi connectivity index (χ4n) is 3.68. The van der Waals surface area contributed by atoms with Crippen molar-refractivity contribution in [2.45, 2.75) is 37.0 Å². The molecule has 1 saturated heterocycles. The van der Waals surface area contributed by atoms with Crippen molar-refractivity contribution in [3.8, 4) is 0 Å². The Morgan fingerprint density at radius 2 is 1.93 bits per heavy atom. The average Bonchev–Trinajstić information content (AvgIpc) is 3.18. The number of hydrogen-bond acceptors (Lipinski definition) is 5. The molecular weight excluding hydrogens is 380 g/mol. The topological polar surface area (TPSA) is 92.8 Å². The minimum atomic E-state index is -3.56. The zero-order chi connectivity index (χ0) is 20.1. The summed E-state index contributed by atoms with van der Waals surface area (Å²) in [6.07, 6.45) is 5.31. The molecule has 0 bridgehead atoms. The summed E-state index contributed by atoms with van der Waals surface area (Å²) in [5.41, 5.74) is 2.35. The smallest absolute Gasteiger partial charge is 0.309 e. The monoisotopic (exact) mass is 406 g/mol. The van der Waals surface area contributed by atoms with Crippen molar-refractivity contribution in [3.63, 3.8) is 0 Å². The Labute approximate surface area is 165 Å². The second-order valence-corrected chi connectivity index (χ2v) is 9.10. The number of nitrogens with zero attached hydrogens (tertiary/aromatic N) is 1. The van der Waals surface area contributed by atoms with Gasteiger partial charge in [-0.1, -0.05) is 12.1 Å². The number of aryl methyl sites for hydroxylation is 2. The molecule has 0 unspecified atom stereocenters. The van der Waals surface area contributed by atoms with Crippen molar-refractivity contribution < 1.29 is 22.7 Å². The fourth-order valence-corrected chi connectivity index (χ4v) is 5.20. The second-order valence-electron chi connectivity index (χ2n) is 7.16. The Hall–Kier alpha value is -2.19. The number of benzene rings is 1. The molecule has 1 N–H and O–H groups in total. The summed E-state index contributed by atoms with van der Waals surface area (Å²) < 4.78 is 32.3. The number of carbonyl (C=O) groups excluding carboxylic acids is 2. The Bertz CT molecular complexity index is 857. The predicted octanol–water partition coefficient (Wildman–Crippen LogP) is 1.42. The molecule has 28 heavy (non-hydrogen) atoms. The highest BCUT2D eigenvalue weighted by Gasteiger charge is 2.33. The third kappa shape index (κ3) is 4.62. The van der Waals surface area contributed by atoms with Crippen LogP contribution in [0.15, 0.2) is 35.7 Å². The normalized spacial score (nSPS) is 17.7. The summed E-state index contributed by atoms with van der Waals surface area (Å²) in [6.45, 7) is 4.00. The molecule has 1 amide bonds. The average molecular weight is 407 g/mol. The van der Waals surface area contributed by atoms with E-state index in [1.165, 1.54) is 15.9 Å². The van der Waals surface area contributed by atoms with Crippen LogP contribution in [0.4, 0.5) is 0 Å². The molecule has 2 aliphatic rings. The van der Waals surface area contributed by atoms with E-state index in [4.69, 9.17) is 4.74 Å². The van der Waals surface area contributed by atoms with Gasteiger partial charge < -0.3 is 10.1 Å². The minimum Gasteiger partial charge on any atom is -0.455 e. The first kappa shape index (κ1) is 20.5. The fraction of sp³-hybridized carbons (Fsp3) is 0.500. The van der Waals surface area contributed by atoms with Crippen molar-refractivity contribution in [2.75, 3.05) is 26.2 Å². The lowest BCUT2D eigenvalue weighted by Gasteiger charge is -2.30. The van der Waals surface area contributed by atoms with Gasteiger partial charge in [0, 0.05) is 19.6 Å². The van der Waals surface area contributed by atoms with Gasteiger partial charge in [0.1, 0.15) is 0 Å². The summed E-state index contributed by atoms with van der Waals surface area (Å²) in [5, 5.41) is 2.53. The molecular formula is C20H26N2O5S. The molecule has 1 fully saturated rings. The third-order valence-corrected chi connectivity index (χ3v) is 7.18. The number of carbonyl (C=O) groups is 2. The van der Waals surface area contributed by atoms with Gasteiger partial charge in [0.25, 0.3) is 5.91 Å². The number of piperidine rings is 1. The number of hydrogen-bond donors (Lipinski definition) is 1. The number of fused-ring (bicyclic) bond motifs is 1. The van der Waals surface area contributed by atoms with Crippen molar-refractivity contribution in [1.29, 1.82) is 0 Å². The van der Waals surface area contributed by atoms with Gasteiger partial charge in [-0.3, -0.25) is 9.59 Å². The van der Waals surface area contributed by atoms with Gasteiger partial charge in [-0.15, -0.1) is 6.58 Å². The van der Waals surface area contributed by atoms with Gasteiger partial charge in [-0.05, 0) is 55.4 Å². The van der Waals surface area contributed by atoms with E-state index in [1.807, 2.05) is 6.07 Å². The van der Waals surface area contributed by atoms with Gasteiger partial charge in [0.15, 0.2) is 6.61 Å². The Morgan fingerprint density at radius 3 is 2.64 bits per heavy atom. The standard InChI is InChI=1S/C20H26N2O5S/c1-2-10-21-19(23)14-27-20(24)16-8-11-22(12-9-16)28(25,26)18-7-6-15-4-3-5-17(15)13-18/h2,6-7,13,16H,1,3-5,8-12,14H2,(H,21,23). The lowest BCUT2D eigenvalue weighted by Crippen LogP contribution is -2.41. The minimum absolute atomic E-state index is 0.266. The van der Waals surface area contributed by atoms with Crippen LogP contribution in [0, 0.1) is 5.92 Å². The van der Waals surface area contributed by atoms with E-state index < -0.39 is 21.9 Å². The maximum Gasteiger partial charge on any atom is 0.309 e. The van der Waals surface area contributed by atoms with Crippen LogP contribution < -0.4 is 5.32 Å². The highest BCUT2D eigenvalue weighted by Crippen LogP contribution is 2.28. The summed E-state index contributed by atoms with van der Waals surface area (Å²) in [4.78, 5) is 24.0. The molecule has 1 aliphatic heterocycles. The summed E-state index contributed by atoms with van der Waals surface area (Å²) in [7, 11) is -3.56. The number of nitrogens with one attached hydrogen (secondary N) is 1. The summed E-state index contributed by atoms with van der Waals surface area (Å²) in [6, 6.07) is 5.39. The van der Waals surface area contributed by atoms with Gasteiger partial charge in [0.05, 0.1) is 10.8 Å². The lowest BCUT2D eigenvalue weighted by atomic mass is 9.98. The van der Waals surface area contributed by atoms with Crippen LogP contribution in [0.3, 0.4) is 0 Å². The summed E-state index contributed by atoms with van der Waals surface area (Å²) in [5.74, 6) is -1.23. The first-order chi connectivity index (χ1) is 13.4. The second kappa shape index (κ2) is 8.87. The maximum atomic E-state index is 12.9. The molecule has 0 spiro atoms. The van der Waals surface area contributed by atoms with Gasteiger partial charge in [0.2, 0.25) is 10.0 Å². The third-order valence-electron chi connectivity index (χ3n) is 5.28. The zero-order valence-corrected chi connectivity index (χ0v) is 16.7. The van der Waals surface area contributed by atoms with Gasteiger partial charge in [-0.2, -0.15) is 4.31 Å². The number of rotatable bonds is 7. The van der Waals surface area contributed by atoms with E-state index in [1.54, 1.807) is 12.1 Å². The van der Waals surface area contributed by atoms with E-state index in [0.717, 1.165) is 24.8 Å². The molecule has 152 valence electrons. The SMILES string of the molecule is C=CCNC(=O)COC(=O)C1CCN(S(=O)(=O)c2ccc3c(c2)CCC3)CC1. The van der Waals surface area contributed by atoms with E-state index in [0.29, 0.717) is 24.3 Å². The van der Waals surface area contributed by atoms with Gasteiger partial charge in [-0.25, -0.2) is 8.42 Å². The van der Waals surface area contributed by atoms with Crippen LogP contribution in [0.25, 0.3) is 0 Å². The highest BCUT2D eigenvalue weighted by molar-refractivity contribution is 7.89. The van der Waals surface area contributed by atoms with Crippen molar-refractivity contribution in [2.24, 2.45) is 5.92 Å². The zero-order valence-electron chi connectivity index (χ0n) is 15.9. The van der Waals surface area contributed by atoms with Crippen LogP contribution in [0.5, 0.6) is 0 Å². The Morgan fingerprint density at radius 1 is 1.21 bits per heavy atom. The van der Waals surface area contributed by atoms with Crippen molar-refractivity contribution >= 4 is 21.9 Å². The van der Waals surface area contributed by atoms with E-state index in [9.17, 15) is 18.0 Å². The van der Waals surface area contributed by atoms with Gasteiger partial charge >= 0.3 is 5.97 Å². The molecule has 3 rings (SSSR count). The van der Waals surface area contributed by atoms with Crippen LogP contribution in [0.2, 0.25) is 0 Å². The van der Waals surface area contributed by atoms with E-state index >= 15 is 0 Å². The molecule has 0 saturated carbocycles. The Kier molecular flexibility index (Phi) is 6.51. The molecule has 7 nitrogen and oxygen atoms in total. The summed E-state index contributed by atoms with van der Waals surface area (Å²) >= 11 is 0. The molecule has 0 aromatic heterocycles. The highest BCUT2D eigenvalue weighted by atomic mass is 32.2. The molecule has 1 heterocycles. The molecule has 1 aliphatic carbocycles. The quantitative estimate of drug-likeness (QED) is 0.546. The van der Waals surface area contributed by atoms with Crippen LogP contribution >= 0.6 is 0 Å². The number of amides is 1. The molecule has 1 aromatic rings. The largest absolute Gasteiger partial charge is 0.455 e.